The molecule has 0 spiro atoms. The van der Waals surface area contributed by atoms with Gasteiger partial charge in [0.2, 0.25) is 11.8 Å². The third kappa shape index (κ3) is 5.95. The van der Waals surface area contributed by atoms with Crippen molar-refractivity contribution in [3.63, 3.8) is 0 Å². The molecular weight excluding hydrogens is 392 g/mol. The number of amides is 2. The Labute approximate surface area is 173 Å². The Bertz CT molecular complexity index is 809. The van der Waals surface area contributed by atoms with E-state index in [0.29, 0.717) is 25.1 Å². The fourth-order valence-electron chi connectivity index (χ4n) is 3.72. The van der Waals surface area contributed by atoms with Gasteiger partial charge >= 0.3 is 0 Å². The van der Waals surface area contributed by atoms with Gasteiger partial charge < -0.3 is 15.0 Å². The van der Waals surface area contributed by atoms with E-state index in [1.54, 1.807) is 18.9 Å². The van der Waals surface area contributed by atoms with Crippen LogP contribution in [0.1, 0.15) is 51.1 Å². The maximum atomic E-state index is 13.0. The number of unbranched alkanes of at least 4 members (excludes halogenated alkanes) is 1. The smallest absolute Gasteiger partial charge is 0.225 e. The predicted molar refractivity (Wildman–Crippen MR) is 112 cm³/mol. The monoisotopic (exact) mass is 424 g/mol. The number of piperidine rings is 1. The molecule has 2 unspecified atom stereocenters. The van der Waals surface area contributed by atoms with Gasteiger partial charge in [0.15, 0.2) is 9.84 Å². The molecule has 7 nitrogen and oxygen atoms in total. The molecule has 0 aliphatic carbocycles. The van der Waals surface area contributed by atoms with Crippen molar-refractivity contribution in [1.82, 2.24) is 10.2 Å². The second-order valence-corrected chi connectivity index (χ2v) is 9.77. The van der Waals surface area contributed by atoms with Crippen molar-refractivity contribution in [3.8, 4) is 5.75 Å². The summed E-state index contributed by atoms with van der Waals surface area (Å²) in [6.07, 6.45) is 2.52. The summed E-state index contributed by atoms with van der Waals surface area (Å²) in [5.41, 5.74) is 0.806. The zero-order chi connectivity index (χ0) is 21.4. The van der Waals surface area contributed by atoms with Crippen molar-refractivity contribution in [3.05, 3.63) is 29.8 Å². The van der Waals surface area contributed by atoms with Gasteiger partial charge in [-0.1, -0.05) is 38.5 Å². The SMILES string of the molecule is CCCCN1C(=O)CCC(C(=O)NCCS(=O)(=O)CC)C1c1ccccc1OC. The van der Waals surface area contributed by atoms with Crippen LogP contribution in [0.5, 0.6) is 5.75 Å². The van der Waals surface area contributed by atoms with Crippen LogP contribution in [-0.4, -0.2) is 56.8 Å². The fraction of sp³-hybridized carbons (Fsp3) is 0.619. The molecule has 8 heteroatoms. The van der Waals surface area contributed by atoms with Crippen LogP contribution in [0.3, 0.4) is 0 Å². The summed E-state index contributed by atoms with van der Waals surface area (Å²) in [5.74, 6) is -0.0340. The Morgan fingerprint density at radius 3 is 2.66 bits per heavy atom. The summed E-state index contributed by atoms with van der Waals surface area (Å²) in [4.78, 5) is 27.5. The summed E-state index contributed by atoms with van der Waals surface area (Å²) in [5, 5.41) is 2.77. The Balaban J connectivity index is 2.30. The molecule has 0 radical (unpaired) electrons. The number of nitrogens with zero attached hydrogens (tertiary/aromatic N) is 1. The number of carbonyl (C=O) groups excluding carboxylic acids is 2. The van der Waals surface area contributed by atoms with Gasteiger partial charge in [-0.15, -0.1) is 0 Å². The lowest BCUT2D eigenvalue weighted by molar-refractivity contribution is -0.143. The number of para-hydroxylation sites is 1. The predicted octanol–water partition coefficient (Wildman–Crippen LogP) is 2.33. The molecular formula is C21H32N2O5S. The lowest BCUT2D eigenvalue weighted by Gasteiger charge is -2.41. The van der Waals surface area contributed by atoms with Crippen molar-refractivity contribution >= 4 is 21.7 Å². The lowest BCUT2D eigenvalue weighted by atomic mass is 9.83. The average molecular weight is 425 g/mol. The highest BCUT2D eigenvalue weighted by Crippen LogP contribution is 2.40. The molecule has 2 atom stereocenters. The quantitative estimate of drug-likeness (QED) is 0.622. The first-order valence-electron chi connectivity index (χ1n) is 10.2. The normalized spacial score (nSPS) is 19.8. The van der Waals surface area contributed by atoms with Gasteiger partial charge in [-0.25, -0.2) is 8.42 Å². The molecule has 1 heterocycles. The Hall–Kier alpha value is -2.09. The molecule has 0 saturated carbocycles. The molecule has 29 heavy (non-hydrogen) atoms. The molecule has 1 aromatic rings. The summed E-state index contributed by atoms with van der Waals surface area (Å²) in [6, 6.07) is 7.02. The minimum atomic E-state index is -3.15. The number of ether oxygens (including phenoxy) is 1. The number of nitrogens with one attached hydrogen (secondary N) is 1. The first kappa shape index (κ1) is 23.2. The second-order valence-electron chi connectivity index (χ2n) is 7.30. The molecule has 1 fully saturated rings. The minimum Gasteiger partial charge on any atom is -0.496 e. The van der Waals surface area contributed by atoms with Crippen LogP contribution >= 0.6 is 0 Å². The van der Waals surface area contributed by atoms with Gasteiger partial charge in [0.25, 0.3) is 0 Å². The van der Waals surface area contributed by atoms with Crippen LogP contribution in [-0.2, 0) is 19.4 Å². The molecule has 0 aromatic heterocycles. The van der Waals surface area contributed by atoms with Crippen LogP contribution < -0.4 is 10.1 Å². The minimum absolute atomic E-state index is 0.0342. The zero-order valence-electron chi connectivity index (χ0n) is 17.5. The van der Waals surface area contributed by atoms with E-state index in [2.05, 4.69) is 12.2 Å². The third-order valence-corrected chi connectivity index (χ3v) is 7.11. The van der Waals surface area contributed by atoms with E-state index in [1.165, 1.54) is 0 Å². The van der Waals surface area contributed by atoms with E-state index in [1.807, 2.05) is 24.3 Å². The van der Waals surface area contributed by atoms with E-state index >= 15 is 0 Å². The Morgan fingerprint density at radius 1 is 1.28 bits per heavy atom. The van der Waals surface area contributed by atoms with Crippen LogP contribution in [0.4, 0.5) is 0 Å². The van der Waals surface area contributed by atoms with Gasteiger partial charge in [0, 0.05) is 30.8 Å². The molecule has 1 aliphatic rings. The first-order valence-corrected chi connectivity index (χ1v) is 12.1. The van der Waals surface area contributed by atoms with Crippen molar-refractivity contribution < 1.29 is 22.7 Å². The number of hydrogen-bond donors (Lipinski definition) is 1. The highest BCUT2D eigenvalue weighted by atomic mass is 32.2. The largest absolute Gasteiger partial charge is 0.496 e. The van der Waals surface area contributed by atoms with E-state index in [4.69, 9.17) is 4.74 Å². The van der Waals surface area contributed by atoms with Crippen LogP contribution in [0, 0.1) is 5.92 Å². The maximum absolute atomic E-state index is 13.0. The van der Waals surface area contributed by atoms with Gasteiger partial charge in [-0.05, 0) is 18.9 Å². The van der Waals surface area contributed by atoms with Crippen LogP contribution in [0.15, 0.2) is 24.3 Å². The maximum Gasteiger partial charge on any atom is 0.225 e. The topological polar surface area (TPSA) is 92.8 Å². The van der Waals surface area contributed by atoms with E-state index in [-0.39, 0.29) is 29.9 Å². The lowest BCUT2D eigenvalue weighted by Crippen LogP contribution is -2.49. The average Bonchev–Trinajstić information content (AvgIpc) is 2.72. The van der Waals surface area contributed by atoms with Crippen LogP contribution in [0.25, 0.3) is 0 Å². The van der Waals surface area contributed by atoms with Gasteiger partial charge in [0.05, 0.1) is 24.8 Å². The third-order valence-electron chi connectivity index (χ3n) is 5.41. The molecule has 1 aliphatic heterocycles. The molecule has 1 saturated heterocycles. The number of hydrogen-bond acceptors (Lipinski definition) is 5. The Morgan fingerprint density at radius 2 is 2.00 bits per heavy atom. The molecule has 162 valence electrons. The number of sulfone groups is 1. The number of likely N-dealkylation sites (tertiary alicyclic amines) is 1. The van der Waals surface area contributed by atoms with Crippen molar-refractivity contribution in [1.29, 1.82) is 0 Å². The number of benzene rings is 1. The Kier molecular flexibility index (Phi) is 8.49. The van der Waals surface area contributed by atoms with Gasteiger partial charge in [-0.2, -0.15) is 0 Å². The number of carbonyl (C=O) groups is 2. The molecule has 2 rings (SSSR count). The summed E-state index contributed by atoms with van der Waals surface area (Å²) in [6.45, 7) is 4.30. The molecule has 1 N–H and O–H groups in total. The summed E-state index contributed by atoms with van der Waals surface area (Å²) >= 11 is 0. The van der Waals surface area contributed by atoms with Crippen molar-refractivity contribution in [2.75, 3.05) is 31.7 Å². The van der Waals surface area contributed by atoms with E-state index in [9.17, 15) is 18.0 Å². The van der Waals surface area contributed by atoms with Crippen molar-refractivity contribution in [2.24, 2.45) is 5.92 Å². The van der Waals surface area contributed by atoms with E-state index in [0.717, 1.165) is 18.4 Å². The van der Waals surface area contributed by atoms with Crippen molar-refractivity contribution in [2.45, 2.75) is 45.6 Å². The zero-order valence-corrected chi connectivity index (χ0v) is 18.3. The number of methoxy groups -OCH3 is 1. The standard InChI is InChI=1S/C21H32N2O5S/c1-4-6-14-23-19(24)12-11-17(21(25)22-13-15-29(26,27)5-2)20(23)16-9-7-8-10-18(16)28-3/h7-10,17,20H,4-6,11-15H2,1-3H3,(H,22,25). The van der Waals surface area contributed by atoms with Gasteiger partial charge in [0.1, 0.15) is 5.75 Å². The van der Waals surface area contributed by atoms with Gasteiger partial charge in [-0.3, -0.25) is 9.59 Å². The highest BCUT2D eigenvalue weighted by molar-refractivity contribution is 7.91. The first-order chi connectivity index (χ1) is 13.8. The fourth-order valence-corrected chi connectivity index (χ4v) is 4.42. The second kappa shape index (κ2) is 10.6. The molecule has 2 amide bonds. The number of rotatable bonds is 10. The summed E-state index contributed by atoms with van der Waals surface area (Å²) < 4.78 is 28.9. The highest BCUT2D eigenvalue weighted by Gasteiger charge is 2.41. The molecule has 1 aromatic carbocycles. The van der Waals surface area contributed by atoms with Crippen LogP contribution in [0.2, 0.25) is 0 Å². The molecule has 0 bridgehead atoms. The summed E-state index contributed by atoms with van der Waals surface area (Å²) in [7, 11) is -1.58. The van der Waals surface area contributed by atoms with E-state index < -0.39 is 21.8 Å².